The highest BCUT2D eigenvalue weighted by Gasteiger charge is 2.27. The van der Waals surface area contributed by atoms with Crippen LogP contribution in [0.15, 0.2) is 121 Å². The molecular formula is C38H33N. The molecule has 2 aliphatic rings. The van der Waals surface area contributed by atoms with Gasteiger partial charge < -0.3 is 0 Å². The number of fused-ring (bicyclic) bond motifs is 3. The van der Waals surface area contributed by atoms with Crippen molar-refractivity contribution in [1.82, 2.24) is 0 Å². The molecule has 0 spiro atoms. The molecule has 0 amide bonds. The van der Waals surface area contributed by atoms with Gasteiger partial charge in [-0.1, -0.05) is 110 Å². The van der Waals surface area contributed by atoms with Gasteiger partial charge in [0.2, 0.25) is 0 Å². The lowest BCUT2D eigenvalue weighted by Crippen LogP contribution is -2.01. The second kappa shape index (κ2) is 10.3. The summed E-state index contributed by atoms with van der Waals surface area (Å²) in [4.78, 5) is 4.81. The van der Waals surface area contributed by atoms with Crippen molar-refractivity contribution in [2.45, 2.75) is 33.1 Å². The van der Waals surface area contributed by atoms with E-state index < -0.39 is 0 Å². The minimum atomic E-state index is 0.779. The summed E-state index contributed by atoms with van der Waals surface area (Å²) >= 11 is 0. The van der Waals surface area contributed by atoms with Crippen molar-refractivity contribution in [2.75, 3.05) is 0 Å². The van der Waals surface area contributed by atoms with E-state index in [9.17, 15) is 0 Å². The predicted molar refractivity (Wildman–Crippen MR) is 169 cm³/mol. The second-order valence-corrected chi connectivity index (χ2v) is 10.5. The highest BCUT2D eigenvalue weighted by Crippen LogP contribution is 2.46. The summed E-state index contributed by atoms with van der Waals surface area (Å²) in [5.41, 5.74) is 17.3. The zero-order valence-corrected chi connectivity index (χ0v) is 22.8. The zero-order chi connectivity index (χ0) is 26.9. The molecule has 39 heavy (non-hydrogen) atoms. The highest BCUT2D eigenvalue weighted by molar-refractivity contribution is 6.02. The van der Waals surface area contributed by atoms with Crippen molar-refractivity contribution < 1.29 is 0 Å². The average molecular weight is 504 g/mol. The van der Waals surface area contributed by atoms with Crippen molar-refractivity contribution in [3.63, 3.8) is 0 Å². The van der Waals surface area contributed by atoms with E-state index in [0.717, 1.165) is 41.8 Å². The third kappa shape index (κ3) is 4.55. The first-order valence-corrected chi connectivity index (χ1v) is 13.7. The maximum Gasteiger partial charge on any atom is 0.0633 e. The molecule has 1 nitrogen and oxygen atoms in total. The average Bonchev–Trinajstić information content (AvgIpc) is 3.36. The molecule has 6 rings (SSSR count). The molecule has 0 aliphatic heterocycles. The summed E-state index contributed by atoms with van der Waals surface area (Å²) in [6, 6.07) is 32.4. The first-order chi connectivity index (χ1) is 19.0. The first kappa shape index (κ1) is 24.8. The molecule has 0 aromatic heterocycles. The molecule has 0 saturated carbocycles. The van der Waals surface area contributed by atoms with Crippen LogP contribution in [0.1, 0.15) is 58.7 Å². The number of aryl methyl sites for hydroxylation is 1. The highest BCUT2D eigenvalue weighted by atomic mass is 14.7. The van der Waals surface area contributed by atoms with Crippen LogP contribution in [0.25, 0.3) is 34.0 Å². The molecule has 0 heterocycles. The summed E-state index contributed by atoms with van der Waals surface area (Å²) in [5.74, 6) is 0. The minimum Gasteiger partial charge on any atom is -0.253 e. The quantitative estimate of drug-likeness (QED) is 0.232. The Bertz CT molecular complexity index is 1710. The number of hydrogen-bond acceptors (Lipinski definition) is 1. The Balaban J connectivity index is 1.38. The van der Waals surface area contributed by atoms with Gasteiger partial charge in [0.1, 0.15) is 0 Å². The Morgan fingerprint density at radius 3 is 2.31 bits per heavy atom. The molecule has 4 aromatic carbocycles. The molecule has 0 radical (unpaired) electrons. The van der Waals surface area contributed by atoms with Crippen LogP contribution in [0.2, 0.25) is 0 Å². The minimum absolute atomic E-state index is 0.779. The third-order valence-corrected chi connectivity index (χ3v) is 8.09. The molecule has 0 bridgehead atoms. The van der Waals surface area contributed by atoms with Gasteiger partial charge in [0.15, 0.2) is 0 Å². The van der Waals surface area contributed by atoms with E-state index in [1.807, 2.05) is 36.4 Å². The molecule has 190 valence electrons. The summed E-state index contributed by atoms with van der Waals surface area (Å²) in [6.45, 7) is 12.7. The molecule has 4 aromatic rings. The third-order valence-electron chi connectivity index (χ3n) is 8.09. The van der Waals surface area contributed by atoms with Gasteiger partial charge in [0.05, 0.1) is 5.70 Å². The summed E-state index contributed by atoms with van der Waals surface area (Å²) in [7, 11) is 0. The fraction of sp³-hybridized carbons (Fsp3) is 0.132. The summed E-state index contributed by atoms with van der Waals surface area (Å²) < 4.78 is 0. The Morgan fingerprint density at radius 1 is 0.769 bits per heavy atom. The Hall–Kier alpha value is -4.49. The van der Waals surface area contributed by atoms with E-state index in [1.54, 1.807) is 0 Å². The van der Waals surface area contributed by atoms with Gasteiger partial charge in [-0.15, -0.1) is 0 Å². The van der Waals surface area contributed by atoms with Crippen LogP contribution in [0.5, 0.6) is 0 Å². The fourth-order valence-corrected chi connectivity index (χ4v) is 6.13. The van der Waals surface area contributed by atoms with Crippen molar-refractivity contribution in [3.05, 3.63) is 155 Å². The molecule has 0 fully saturated rings. The number of benzene rings is 4. The van der Waals surface area contributed by atoms with Crippen molar-refractivity contribution in [1.29, 1.82) is 0 Å². The lowest BCUT2D eigenvalue weighted by atomic mass is 9.82. The number of nitrogens with zero attached hydrogens (tertiary/aromatic N) is 1. The monoisotopic (exact) mass is 503 g/mol. The van der Waals surface area contributed by atoms with Crippen LogP contribution in [0.3, 0.4) is 0 Å². The normalized spacial score (nSPS) is 14.5. The molecule has 0 saturated heterocycles. The predicted octanol–water partition coefficient (Wildman–Crippen LogP) is 9.97. The molecule has 0 N–H and O–H groups in total. The van der Waals surface area contributed by atoms with Gasteiger partial charge in [0, 0.05) is 5.71 Å². The van der Waals surface area contributed by atoms with Gasteiger partial charge in [-0.05, 0) is 106 Å². The first-order valence-electron chi connectivity index (χ1n) is 13.7. The van der Waals surface area contributed by atoms with E-state index >= 15 is 0 Å². The SMILES string of the molecule is C=Cc1c(C2=C3Cc4ccccc4C3=CCC2)cccc1-c1ccc(C(C)=NC(=C)c2ccccc2)cc1C. The zero-order valence-electron chi connectivity index (χ0n) is 22.8. The molecular weight excluding hydrogens is 470 g/mol. The number of allylic oxidation sites excluding steroid dienone is 4. The van der Waals surface area contributed by atoms with Gasteiger partial charge in [-0.3, -0.25) is 4.99 Å². The molecule has 0 unspecified atom stereocenters. The van der Waals surface area contributed by atoms with Gasteiger partial charge >= 0.3 is 0 Å². The maximum absolute atomic E-state index is 4.81. The van der Waals surface area contributed by atoms with Crippen LogP contribution < -0.4 is 0 Å². The van der Waals surface area contributed by atoms with Gasteiger partial charge in [-0.25, -0.2) is 0 Å². The van der Waals surface area contributed by atoms with Crippen LogP contribution in [0, 0.1) is 6.92 Å². The Morgan fingerprint density at radius 2 is 1.51 bits per heavy atom. The fourth-order valence-electron chi connectivity index (χ4n) is 6.13. The van der Waals surface area contributed by atoms with Gasteiger partial charge in [0.25, 0.3) is 0 Å². The van der Waals surface area contributed by atoms with Crippen LogP contribution in [0.4, 0.5) is 0 Å². The van der Waals surface area contributed by atoms with Crippen molar-refractivity contribution in [3.8, 4) is 11.1 Å². The number of hydrogen-bond donors (Lipinski definition) is 0. The van der Waals surface area contributed by atoms with Crippen molar-refractivity contribution >= 4 is 28.6 Å². The smallest absolute Gasteiger partial charge is 0.0633 e. The number of aliphatic imine (C=N–C) groups is 1. The standard InChI is InChI=1S/C38H33N/c1-5-31-34(32-22-21-29(23-25(32)2)27(4)39-26(3)28-13-7-6-8-14-28)17-11-18-35(31)37-20-12-19-36-33-16-10-9-15-30(33)24-38(36)37/h5-11,13-19,21-23H,1,3,12,20,24H2,2,4H3. The van der Waals surface area contributed by atoms with Crippen LogP contribution >= 0.6 is 0 Å². The lowest BCUT2D eigenvalue weighted by molar-refractivity contribution is 1.04. The van der Waals surface area contributed by atoms with E-state index in [4.69, 9.17) is 4.99 Å². The molecule has 0 atom stereocenters. The van der Waals surface area contributed by atoms with E-state index in [2.05, 4.69) is 93.7 Å². The molecule has 1 heteroatoms. The van der Waals surface area contributed by atoms with E-state index in [0.29, 0.717) is 0 Å². The lowest BCUT2D eigenvalue weighted by Gasteiger charge is -2.22. The largest absolute Gasteiger partial charge is 0.253 e. The number of rotatable bonds is 6. The van der Waals surface area contributed by atoms with Crippen molar-refractivity contribution in [2.24, 2.45) is 4.99 Å². The molecule has 2 aliphatic carbocycles. The maximum atomic E-state index is 4.81. The summed E-state index contributed by atoms with van der Waals surface area (Å²) in [6.07, 6.45) is 7.63. The second-order valence-electron chi connectivity index (χ2n) is 10.5. The Kier molecular flexibility index (Phi) is 6.59. The summed E-state index contributed by atoms with van der Waals surface area (Å²) in [5, 5.41) is 0. The van der Waals surface area contributed by atoms with E-state index in [-0.39, 0.29) is 0 Å². The topological polar surface area (TPSA) is 12.4 Å². The van der Waals surface area contributed by atoms with Crippen LogP contribution in [-0.4, -0.2) is 5.71 Å². The van der Waals surface area contributed by atoms with E-state index in [1.165, 1.54) is 55.7 Å². The van der Waals surface area contributed by atoms with Crippen LogP contribution in [-0.2, 0) is 6.42 Å². The Labute approximate surface area is 232 Å². The van der Waals surface area contributed by atoms with Gasteiger partial charge in [-0.2, -0.15) is 0 Å².